The lowest BCUT2D eigenvalue weighted by molar-refractivity contribution is 0.175. The van der Waals surface area contributed by atoms with E-state index in [1.165, 1.54) is 24.3 Å². The highest BCUT2D eigenvalue weighted by molar-refractivity contribution is 5.89. The van der Waals surface area contributed by atoms with E-state index in [1.54, 1.807) is 54.1 Å². The van der Waals surface area contributed by atoms with Gasteiger partial charge >= 0.3 is 0 Å². The lowest BCUT2D eigenvalue weighted by Crippen LogP contribution is -2.55. The molecule has 192 valence electrons. The van der Waals surface area contributed by atoms with Gasteiger partial charge in [-0.15, -0.1) is 4.98 Å². The van der Waals surface area contributed by atoms with Crippen LogP contribution in [0.4, 0.5) is 20.3 Å². The summed E-state index contributed by atoms with van der Waals surface area (Å²) in [6.45, 7) is 9.50. The predicted molar refractivity (Wildman–Crippen MR) is 143 cm³/mol. The molecule has 1 aliphatic heterocycles. The van der Waals surface area contributed by atoms with Crippen molar-refractivity contribution in [2.45, 2.75) is 24.9 Å². The highest BCUT2D eigenvalue weighted by atomic mass is 19.1. The summed E-state index contributed by atoms with van der Waals surface area (Å²) in [6, 6.07) is 18.1. The number of pyridine rings is 2. The van der Waals surface area contributed by atoms with Crippen LogP contribution in [0.5, 0.6) is 0 Å². The third-order valence-corrected chi connectivity index (χ3v) is 7.83. The number of aromatic nitrogens is 2. The van der Waals surface area contributed by atoms with Gasteiger partial charge in [0.1, 0.15) is 11.6 Å². The molecule has 38 heavy (non-hydrogen) atoms. The molecule has 6 nitrogen and oxygen atoms in total. The Kier molecular flexibility index (Phi) is 6.16. The average Bonchev–Trinajstić information content (AvgIpc) is 3.78. The molecule has 2 aromatic heterocycles. The van der Waals surface area contributed by atoms with E-state index < -0.39 is 0 Å². The largest absolute Gasteiger partial charge is 0.362 e. The topological polar surface area (TPSA) is 45.7 Å². The van der Waals surface area contributed by atoms with E-state index in [9.17, 15) is 13.6 Å². The lowest BCUT2D eigenvalue weighted by Gasteiger charge is -2.46. The molecule has 1 saturated heterocycles. The third kappa shape index (κ3) is 4.44. The van der Waals surface area contributed by atoms with Gasteiger partial charge in [0.15, 0.2) is 0 Å². The molecule has 1 aliphatic carbocycles. The van der Waals surface area contributed by atoms with Crippen LogP contribution < -0.4 is 10.5 Å². The van der Waals surface area contributed by atoms with Crippen LogP contribution in [-0.4, -0.2) is 40.1 Å². The number of hydrogen-bond donors (Lipinski definition) is 0. The van der Waals surface area contributed by atoms with Gasteiger partial charge in [-0.3, -0.25) is 9.69 Å². The number of aryl methyl sites for hydroxylation is 1. The van der Waals surface area contributed by atoms with Crippen LogP contribution in [0.2, 0.25) is 0 Å². The molecule has 6 rings (SSSR count). The van der Waals surface area contributed by atoms with Crippen molar-refractivity contribution in [2.24, 2.45) is 13.0 Å². The summed E-state index contributed by atoms with van der Waals surface area (Å²) in [5, 5.41) is 0. The molecule has 3 heterocycles. The van der Waals surface area contributed by atoms with Crippen LogP contribution in [0, 0.1) is 24.1 Å². The maximum atomic E-state index is 13.8. The minimum atomic E-state index is -0.295. The van der Waals surface area contributed by atoms with Gasteiger partial charge in [-0.2, -0.15) is 0 Å². The standard InChI is InChI=1S/C30H27F2N5O/c1-33-27-14-13-24-29(34-27)25(17-28(38)35(24)2)37-16-15-36(18-26(37)19-3-4-19)30(20-5-9-22(31)10-6-20)21-7-11-23(32)12-8-21/h5-14,17,19,26,30H,3-4,15-16,18H2,2H3. The molecule has 0 N–H and O–H groups in total. The van der Waals surface area contributed by atoms with E-state index in [0.717, 1.165) is 36.2 Å². The summed E-state index contributed by atoms with van der Waals surface area (Å²) in [6.07, 6.45) is 2.21. The smallest absolute Gasteiger partial charge is 0.270 e. The number of benzene rings is 2. The number of fused-ring (bicyclic) bond motifs is 1. The Morgan fingerprint density at radius 2 is 1.58 bits per heavy atom. The van der Waals surface area contributed by atoms with E-state index >= 15 is 0 Å². The Morgan fingerprint density at radius 3 is 2.16 bits per heavy atom. The molecule has 4 aromatic rings. The fourth-order valence-electron chi connectivity index (χ4n) is 5.74. The van der Waals surface area contributed by atoms with Crippen LogP contribution in [-0.2, 0) is 7.05 Å². The van der Waals surface area contributed by atoms with Gasteiger partial charge in [0.05, 0.1) is 17.2 Å². The van der Waals surface area contributed by atoms with Crippen LogP contribution in [0.3, 0.4) is 0 Å². The van der Waals surface area contributed by atoms with E-state index in [1.807, 2.05) is 0 Å². The number of halogens is 2. The summed E-state index contributed by atoms with van der Waals surface area (Å²) in [4.78, 5) is 25.7. The molecule has 0 radical (unpaired) electrons. The SMILES string of the molecule is [C-]#[N+]c1ccc2c(n1)c(N1CCN(C(c3ccc(F)cc3)c3ccc(F)cc3)CC1C1CC1)cc(=O)n2C. The van der Waals surface area contributed by atoms with Crippen molar-refractivity contribution in [3.05, 3.63) is 111 Å². The molecular weight excluding hydrogens is 484 g/mol. The highest BCUT2D eigenvalue weighted by Gasteiger charge is 2.42. The Balaban J connectivity index is 1.40. The van der Waals surface area contributed by atoms with Crippen LogP contribution >= 0.6 is 0 Å². The van der Waals surface area contributed by atoms with Crippen LogP contribution in [0.15, 0.2) is 71.5 Å². The Hall–Kier alpha value is -4.09. The first-order valence-corrected chi connectivity index (χ1v) is 12.8. The van der Waals surface area contributed by atoms with E-state index in [2.05, 4.69) is 19.6 Å². The number of piperazine rings is 1. The fourth-order valence-corrected chi connectivity index (χ4v) is 5.74. The van der Waals surface area contributed by atoms with Gasteiger partial charge in [0.2, 0.25) is 5.52 Å². The molecule has 0 bridgehead atoms. The molecular formula is C30H27F2N5O. The number of hydrogen-bond acceptors (Lipinski definition) is 4. The summed E-state index contributed by atoms with van der Waals surface area (Å²) < 4.78 is 29.1. The minimum absolute atomic E-state index is 0.114. The first kappa shape index (κ1) is 24.3. The molecule has 1 atom stereocenters. The Bertz CT molecular complexity index is 1540. The summed E-state index contributed by atoms with van der Waals surface area (Å²) in [5.41, 5.74) is 3.91. The Morgan fingerprint density at radius 1 is 0.947 bits per heavy atom. The lowest BCUT2D eigenvalue weighted by atomic mass is 9.94. The van der Waals surface area contributed by atoms with Crippen molar-refractivity contribution >= 4 is 22.5 Å². The van der Waals surface area contributed by atoms with E-state index in [0.29, 0.717) is 35.9 Å². The quantitative estimate of drug-likeness (QED) is 0.334. The van der Waals surface area contributed by atoms with Gasteiger partial charge in [-0.05, 0) is 66.3 Å². The second-order valence-electron chi connectivity index (χ2n) is 10.2. The molecule has 2 fully saturated rings. The fraction of sp³-hybridized carbons (Fsp3) is 0.300. The number of nitrogens with zero attached hydrogens (tertiary/aromatic N) is 5. The zero-order chi connectivity index (χ0) is 26.4. The maximum Gasteiger partial charge on any atom is 0.270 e. The van der Waals surface area contributed by atoms with Crippen LogP contribution in [0.25, 0.3) is 15.9 Å². The van der Waals surface area contributed by atoms with Gasteiger partial charge < -0.3 is 14.3 Å². The molecule has 0 spiro atoms. The summed E-state index contributed by atoms with van der Waals surface area (Å²) in [5.74, 6) is 0.182. The third-order valence-electron chi connectivity index (χ3n) is 7.83. The molecule has 1 saturated carbocycles. The second kappa shape index (κ2) is 9.66. The minimum Gasteiger partial charge on any atom is -0.362 e. The zero-order valence-electron chi connectivity index (χ0n) is 21.0. The van der Waals surface area contributed by atoms with Crippen molar-refractivity contribution in [1.82, 2.24) is 14.5 Å². The summed E-state index contributed by atoms with van der Waals surface area (Å²) >= 11 is 0. The zero-order valence-corrected chi connectivity index (χ0v) is 21.0. The molecule has 1 unspecified atom stereocenters. The van der Waals surface area contributed by atoms with Crippen molar-refractivity contribution in [1.29, 1.82) is 0 Å². The second-order valence-corrected chi connectivity index (χ2v) is 10.2. The number of anilines is 1. The van der Waals surface area contributed by atoms with Crippen molar-refractivity contribution in [3.8, 4) is 0 Å². The van der Waals surface area contributed by atoms with Gasteiger partial charge in [-0.1, -0.05) is 30.8 Å². The average molecular weight is 512 g/mol. The van der Waals surface area contributed by atoms with Crippen molar-refractivity contribution in [3.63, 3.8) is 0 Å². The molecule has 2 aromatic carbocycles. The maximum absolute atomic E-state index is 13.8. The van der Waals surface area contributed by atoms with E-state index in [4.69, 9.17) is 6.57 Å². The van der Waals surface area contributed by atoms with Crippen molar-refractivity contribution in [2.75, 3.05) is 24.5 Å². The van der Waals surface area contributed by atoms with Gasteiger partial charge in [-0.25, -0.2) is 8.78 Å². The predicted octanol–water partition coefficient (Wildman–Crippen LogP) is 5.45. The van der Waals surface area contributed by atoms with E-state index in [-0.39, 0.29) is 29.3 Å². The first-order chi connectivity index (χ1) is 18.4. The monoisotopic (exact) mass is 511 g/mol. The summed E-state index contributed by atoms with van der Waals surface area (Å²) in [7, 11) is 1.72. The van der Waals surface area contributed by atoms with Gasteiger partial charge in [0, 0.05) is 38.8 Å². The molecule has 2 aliphatic rings. The first-order valence-electron chi connectivity index (χ1n) is 12.8. The van der Waals surface area contributed by atoms with Gasteiger partial charge in [0.25, 0.3) is 11.4 Å². The highest BCUT2D eigenvalue weighted by Crippen LogP contribution is 2.42. The van der Waals surface area contributed by atoms with Crippen molar-refractivity contribution < 1.29 is 8.78 Å². The Labute approximate surface area is 219 Å². The molecule has 0 amide bonds. The van der Waals surface area contributed by atoms with Crippen LogP contribution in [0.1, 0.15) is 30.0 Å². The number of rotatable bonds is 5. The molecule has 8 heteroatoms. The normalized spacial score (nSPS) is 18.2.